The number of piperidine rings is 1. The van der Waals surface area contributed by atoms with E-state index in [2.05, 4.69) is 38.0 Å². The second-order valence-corrected chi connectivity index (χ2v) is 14.3. The Hall–Kier alpha value is -0.173. The van der Waals surface area contributed by atoms with Gasteiger partial charge in [0.15, 0.2) is 8.32 Å². The smallest absolute Gasteiger partial charge is 0.192 e. The molecule has 1 N–H and O–H groups in total. The predicted octanol–water partition coefficient (Wildman–Crippen LogP) is 6.41. The van der Waals surface area contributed by atoms with Crippen molar-refractivity contribution in [1.29, 1.82) is 0 Å². The fourth-order valence-corrected chi connectivity index (χ4v) is 8.73. The Morgan fingerprint density at radius 1 is 1.10 bits per heavy atom. The molecule has 164 valence electrons. The van der Waals surface area contributed by atoms with Crippen molar-refractivity contribution in [3.8, 4) is 0 Å². The van der Waals surface area contributed by atoms with Gasteiger partial charge in [-0.05, 0) is 63.0 Å². The zero-order chi connectivity index (χ0) is 21.2. The SMILES string of the molecule is CC[Si](CC)(CC)OC(CNC1CC2CCC(C1)N2C)c1c(Cl)cc(F)cc1Cl. The summed E-state index contributed by atoms with van der Waals surface area (Å²) in [5.74, 6) is -0.410. The van der Waals surface area contributed by atoms with E-state index in [-0.39, 0.29) is 6.10 Å². The van der Waals surface area contributed by atoms with Crippen LogP contribution < -0.4 is 5.32 Å². The van der Waals surface area contributed by atoms with Gasteiger partial charge in [-0.15, -0.1) is 0 Å². The van der Waals surface area contributed by atoms with Gasteiger partial charge in [-0.3, -0.25) is 0 Å². The Labute approximate surface area is 186 Å². The first-order valence-corrected chi connectivity index (χ1v) is 14.4. The van der Waals surface area contributed by atoms with Crippen LogP contribution >= 0.6 is 23.2 Å². The van der Waals surface area contributed by atoms with Crippen molar-refractivity contribution < 1.29 is 8.82 Å². The van der Waals surface area contributed by atoms with Crippen molar-refractivity contribution in [3.63, 3.8) is 0 Å². The van der Waals surface area contributed by atoms with E-state index in [0.29, 0.717) is 34.7 Å². The lowest BCUT2D eigenvalue weighted by molar-refractivity contribution is 0.131. The van der Waals surface area contributed by atoms with E-state index < -0.39 is 14.1 Å². The zero-order valence-corrected chi connectivity index (χ0v) is 20.6. The minimum Gasteiger partial charge on any atom is -0.409 e. The molecule has 2 aliphatic rings. The maximum absolute atomic E-state index is 13.8. The molecule has 29 heavy (non-hydrogen) atoms. The number of hydrogen-bond donors (Lipinski definition) is 1. The van der Waals surface area contributed by atoms with Crippen LogP contribution in [0.3, 0.4) is 0 Å². The quantitative estimate of drug-likeness (QED) is 0.430. The van der Waals surface area contributed by atoms with Gasteiger partial charge in [-0.2, -0.15) is 0 Å². The Morgan fingerprint density at radius 3 is 2.10 bits per heavy atom. The summed E-state index contributed by atoms with van der Waals surface area (Å²) in [4.78, 5) is 2.54. The largest absolute Gasteiger partial charge is 0.409 e. The van der Waals surface area contributed by atoms with Gasteiger partial charge in [0.05, 0.1) is 16.1 Å². The fraction of sp³-hybridized carbons (Fsp3) is 0.727. The average molecular weight is 462 g/mol. The van der Waals surface area contributed by atoms with Crippen LogP contribution in [0.4, 0.5) is 4.39 Å². The van der Waals surface area contributed by atoms with Crippen LogP contribution in [0.1, 0.15) is 58.1 Å². The second kappa shape index (κ2) is 9.97. The molecular formula is C22H35Cl2FN2OSi. The highest BCUT2D eigenvalue weighted by molar-refractivity contribution is 6.73. The highest BCUT2D eigenvalue weighted by Gasteiger charge is 2.39. The first-order chi connectivity index (χ1) is 13.8. The molecule has 2 bridgehead atoms. The van der Waals surface area contributed by atoms with E-state index >= 15 is 0 Å². The predicted molar refractivity (Wildman–Crippen MR) is 123 cm³/mol. The molecule has 0 amide bonds. The van der Waals surface area contributed by atoms with Crippen molar-refractivity contribution in [3.05, 3.63) is 33.6 Å². The molecule has 3 atom stereocenters. The van der Waals surface area contributed by atoms with Gasteiger partial charge >= 0.3 is 0 Å². The van der Waals surface area contributed by atoms with Crippen molar-refractivity contribution in [2.75, 3.05) is 13.6 Å². The molecule has 7 heteroatoms. The molecule has 3 nitrogen and oxygen atoms in total. The first-order valence-electron chi connectivity index (χ1n) is 11.1. The lowest BCUT2D eigenvalue weighted by atomic mass is 9.97. The summed E-state index contributed by atoms with van der Waals surface area (Å²) in [6.07, 6.45) is 4.68. The first kappa shape index (κ1) is 23.5. The number of fused-ring (bicyclic) bond motifs is 2. The Balaban J connectivity index is 1.80. The van der Waals surface area contributed by atoms with Crippen LogP contribution in [-0.4, -0.2) is 44.9 Å². The van der Waals surface area contributed by atoms with Gasteiger partial charge < -0.3 is 14.6 Å². The summed E-state index contributed by atoms with van der Waals surface area (Å²) >= 11 is 12.9. The van der Waals surface area contributed by atoms with Gasteiger partial charge in [0.1, 0.15) is 5.82 Å². The molecular weight excluding hydrogens is 426 g/mol. The van der Waals surface area contributed by atoms with Gasteiger partial charge in [-0.25, -0.2) is 4.39 Å². The molecule has 2 heterocycles. The molecule has 0 spiro atoms. The van der Waals surface area contributed by atoms with Crippen molar-refractivity contribution in [2.45, 2.75) is 88.8 Å². The van der Waals surface area contributed by atoms with E-state index in [1.165, 1.54) is 37.8 Å². The third-order valence-electron chi connectivity index (χ3n) is 7.38. The fourth-order valence-electron chi connectivity index (χ4n) is 5.22. The van der Waals surface area contributed by atoms with E-state index in [9.17, 15) is 4.39 Å². The van der Waals surface area contributed by atoms with Crippen molar-refractivity contribution in [2.24, 2.45) is 0 Å². The van der Waals surface area contributed by atoms with E-state index in [1.54, 1.807) is 0 Å². The van der Waals surface area contributed by atoms with Crippen molar-refractivity contribution in [1.82, 2.24) is 10.2 Å². The van der Waals surface area contributed by atoms with Crippen molar-refractivity contribution >= 4 is 31.5 Å². The van der Waals surface area contributed by atoms with Gasteiger partial charge in [0, 0.05) is 30.2 Å². The lowest BCUT2D eigenvalue weighted by Crippen LogP contribution is -2.49. The molecule has 3 unspecified atom stereocenters. The number of hydrogen-bond acceptors (Lipinski definition) is 3. The molecule has 2 fully saturated rings. The van der Waals surface area contributed by atoms with Gasteiger partial charge in [-0.1, -0.05) is 44.0 Å². The van der Waals surface area contributed by atoms with E-state index in [0.717, 1.165) is 23.7 Å². The number of rotatable bonds is 9. The molecule has 2 saturated heterocycles. The molecule has 0 aromatic heterocycles. The number of benzene rings is 1. The summed E-state index contributed by atoms with van der Waals surface area (Å²) < 4.78 is 20.6. The number of nitrogens with zero attached hydrogens (tertiary/aromatic N) is 1. The number of nitrogens with one attached hydrogen (secondary N) is 1. The molecule has 0 saturated carbocycles. The van der Waals surface area contributed by atoms with Crippen LogP contribution in [-0.2, 0) is 4.43 Å². The highest BCUT2D eigenvalue weighted by atomic mass is 35.5. The summed E-state index contributed by atoms with van der Waals surface area (Å²) in [6, 6.07) is 7.68. The van der Waals surface area contributed by atoms with E-state index in [1.807, 2.05) is 0 Å². The van der Waals surface area contributed by atoms with Gasteiger partial charge in [0.2, 0.25) is 0 Å². The molecule has 0 aliphatic carbocycles. The highest BCUT2D eigenvalue weighted by Crippen LogP contribution is 2.38. The van der Waals surface area contributed by atoms with Gasteiger partial charge in [0.25, 0.3) is 0 Å². The lowest BCUT2D eigenvalue weighted by Gasteiger charge is -2.39. The Morgan fingerprint density at radius 2 is 1.62 bits per heavy atom. The van der Waals surface area contributed by atoms with Crippen LogP contribution in [0.15, 0.2) is 12.1 Å². The number of halogens is 3. The van der Waals surface area contributed by atoms with Crippen LogP contribution in [0.25, 0.3) is 0 Å². The van der Waals surface area contributed by atoms with E-state index in [4.69, 9.17) is 27.6 Å². The summed E-state index contributed by atoms with van der Waals surface area (Å²) in [6.45, 7) is 7.30. The maximum Gasteiger partial charge on any atom is 0.192 e. The minimum absolute atomic E-state index is 0.251. The third-order valence-corrected chi connectivity index (χ3v) is 12.7. The molecule has 1 aromatic carbocycles. The third kappa shape index (κ3) is 5.19. The normalized spacial score (nSPS) is 26.1. The standard InChI is InChI=1S/C22H35Cl2FN2OSi/c1-5-29(6-2,7-3)28-21(22-19(23)10-15(25)11-20(22)24)14-26-16-12-17-8-9-18(13-16)27(17)4/h10-11,16-18,21,26H,5-9,12-14H2,1-4H3. The van der Waals surface area contributed by atoms with Crippen LogP contribution in [0.5, 0.6) is 0 Å². The topological polar surface area (TPSA) is 24.5 Å². The minimum atomic E-state index is -1.89. The Kier molecular flexibility index (Phi) is 8.07. The average Bonchev–Trinajstić information content (AvgIpc) is 2.90. The van der Waals surface area contributed by atoms with Crippen LogP contribution in [0, 0.1) is 5.82 Å². The van der Waals surface area contributed by atoms with Crippen LogP contribution in [0.2, 0.25) is 28.2 Å². The summed E-state index contributed by atoms with van der Waals surface area (Å²) in [5.41, 5.74) is 0.727. The molecule has 0 radical (unpaired) electrons. The Bertz CT molecular complexity index is 658. The maximum atomic E-state index is 13.8. The molecule has 2 aliphatic heterocycles. The summed E-state index contributed by atoms with van der Waals surface area (Å²) in [5, 5.41) is 4.48. The summed E-state index contributed by atoms with van der Waals surface area (Å²) in [7, 11) is 0.362. The molecule has 3 rings (SSSR count). The monoisotopic (exact) mass is 460 g/mol. The second-order valence-electron chi connectivity index (χ2n) is 8.76. The zero-order valence-electron chi connectivity index (χ0n) is 18.1. The molecule has 1 aromatic rings.